The molecule has 1 heterocycles. The molecule has 1 aromatic heterocycles. The summed E-state index contributed by atoms with van der Waals surface area (Å²) in [5.74, 6) is -0.792. The Morgan fingerprint density at radius 2 is 1.83 bits per heavy atom. The van der Waals surface area contributed by atoms with Crippen LogP contribution in [0.15, 0.2) is 57.8 Å². The quantitative estimate of drug-likeness (QED) is 0.499. The molecule has 0 bridgehead atoms. The summed E-state index contributed by atoms with van der Waals surface area (Å²) < 4.78 is 10.5. The average Bonchev–Trinajstić information content (AvgIpc) is 2.75. The first-order valence-electron chi connectivity index (χ1n) is 9.39. The number of aromatic hydroxyl groups is 1. The van der Waals surface area contributed by atoms with Crippen molar-refractivity contribution in [2.45, 2.75) is 13.8 Å². The number of hydrogen-bond acceptors (Lipinski definition) is 6. The number of nitrogens with zero attached hydrogens (tertiary/aromatic N) is 1. The van der Waals surface area contributed by atoms with Crippen molar-refractivity contribution in [3.8, 4) is 17.1 Å². The van der Waals surface area contributed by atoms with Crippen molar-refractivity contribution in [1.82, 2.24) is 0 Å². The van der Waals surface area contributed by atoms with E-state index in [1.165, 1.54) is 13.2 Å². The molecule has 3 rings (SSSR count). The van der Waals surface area contributed by atoms with Gasteiger partial charge in [-0.15, -0.1) is 0 Å². The maximum absolute atomic E-state index is 12.6. The fourth-order valence-corrected chi connectivity index (χ4v) is 3.14. The first kappa shape index (κ1) is 20.2. The number of esters is 1. The van der Waals surface area contributed by atoms with Gasteiger partial charge in [0.2, 0.25) is 11.2 Å². The van der Waals surface area contributed by atoms with Crippen LogP contribution >= 0.6 is 0 Å². The van der Waals surface area contributed by atoms with Gasteiger partial charge in [-0.3, -0.25) is 4.79 Å². The van der Waals surface area contributed by atoms with Crippen LogP contribution in [0.3, 0.4) is 0 Å². The minimum absolute atomic E-state index is 0.114. The second kappa shape index (κ2) is 8.65. The van der Waals surface area contributed by atoms with Gasteiger partial charge in [0.25, 0.3) is 0 Å². The number of hydrogen-bond donors (Lipinski definition) is 1. The molecule has 2 aromatic carbocycles. The summed E-state index contributed by atoms with van der Waals surface area (Å²) in [6.45, 7) is 5.93. The van der Waals surface area contributed by atoms with Gasteiger partial charge in [-0.05, 0) is 61.9 Å². The van der Waals surface area contributed by atoms with Gasteiger partial charge in [0.05, 0.1) is 12.5 Å². The molecule has 0 aliphatic rings. The standard InChI is InChI=1S/C23H23NO5/c1-4-24(5-2)17-10-8-16(9-11-17)23-22(27)21(26)18-12-6-15(14-19(18)29-23)7-13-20(25)28-3/h6-14,27H,4-5H2,1-3H3/b13-7+. The van der Waals surface area contributed by atoms with E-state index < -0.39 is 17.1 Å². The molecule has 0 radical (unpaired) electrons. The van der Waals surface area contributed by atoms with Crippen molar-refractivity contribution in [3.05, 3.63) is 64.3 Å². The van der Waals surface area contributed by atoms with Gasteiger partial charge in [-0.1, -0.05) is 6.07 Å². The predicted molar refractivity (Wildman–Crippen MR) is 114 cm³/mol. The Bertz CT molecular complexity index is 1110. The van der Waals surface area contributed by atoms with Crippen LogP contribution in [0.4, 0.5) is 5.69 Å². The number of carbonyl (C=O) groups excluding carboxylic acids is 1. The smallest absolute Gasteiger partial charge is 0.330 e. The first-order chi connectivity index (χ1) is 14.0. The molecule has 0 saturated carbocycles. The first-order valence-corrected chi connectivity index (χ1v) is 9.39. The van der Waals surface area contributed by atoms with Gasteiger partial charge in [0, 0.05) is 30.4 Å². The van der Waals surface area contributed by atoms with Crippen LogP contribution in [0.5, 0.6) is 5.75 Å². The molecule has 0 aliphatic carbocycles. The second-order valence-corrected chi connectivity index (χ2v) is 6.44. The lowest BCUT2D eigenvalue weighted by molar-refractivity contribution is -0.134. The van der Waals surface area contributed by atoms with Crippen LogP contribution in [0.2, 0.25) is 0 Å². The molecule has 29 heavy (non-hydrogen) atoms. The van der Waals surface area contributed by atoms with Gasteiger partial charge in [0.1, 0.15) is 5.58 Å². The van der Waals surface area contributed by atoms with Crippen molar-refractivity contribution >= 4 is 28.7 Å². The van der Waals surface area contributed by atoms with Gasteiger partial charge in [0.15, 0.2) is 5.76 Å². The van der Waals surface area contributed by atoms with E-state index in [9.17, 15) is 14.7 Å². The van der Waals surface area contributed by atoms with E-state index in [1.807, 2.05) is 24.3 Å². The molecular weight excluding hydrogens is 370 g/mol. The summed E-state index contributed by atoms with van der Waals surface area (Å²) in [7, 11) is 1.30. The van der Waals surface area contributed by atoms with Gasteiger partial charge in [-0.2, -0.15) is 0 Å². The van der Waals surface area contributed by atoms with Gasteiger partial charge >= 0.3 is 5.97 Å². The molecular formula is C23H23NO5. The van der Waals surface area contributed by atoms with Crippen molar-refractivity contribution in [1.29, 1.82) is 0 Å². The molecule has 0 unspecified atom stereocenters. The summed E-state index contributed by atoms with van der Waals surface area (Å²) >= 11 is 0. The molecule has 0 atom stereocenters. The van der Waals surface area contributed by atoms with E-state index in [1.54, 1.807) is 24.3 Å². The molecule has 0 fully saturated rings. The fourth-order valence-electron chi connectivity index (χ4n) is 3.14. The topological polar surface area (TPSA) is 80.0 Å². The monoisotopic (exact) mass is 393 g/mol. The zero-order chi connectivity index (χ0) is 21.0. The average molecular weight is 393 g/mol. The lowest BCUT2D eigenvalue weighted by atomic mass is 10.1. The second-order valence-electron chi connectivity index (χ2n) is 6.44. The van der Waals surface area contributed by atoms with Crippen LogP contribution in [-0.2, 0) is 9.53 Å². The zero-order valence-electron chi connectivity index (χ0n) is 16.6. The number of benzene rings is 2. The van der Waals surface area contributed by atoms with E-state index >= 15 is 0 Å². The summed E-state index contributed by atoms with van der Waals surface area (Å²) in [6.07, 6.45) is 2.85. The molecule has 0 amide bonds. The minimum Gasteiger partial charge on any atom is -0.502 e. The molecule has 6 heteroatoms. The Labute approximate surface area is 168 Å². The van der Waals surface area contributed by atoms with Crippen LogP contribution in [0.1, 0.15) is 19.4 Å². The lowest BCUT2D eigenvalue weighted by Crippen LogP contribution is -2.21. The van der Waals surface area contributed by atoms with Crippen LogP contribution < -0.4 is 10.3 Å². The van der Waals surface area contributed by atoms with E-state index in [-0.39, 0.29) is 11.1 Å². The highest BCUT2D eigenvalue weighted by Gasteiger charge is 2.16. The Morgan fingerprint density at radius 1 is 1.14 bits per heavy atom. The maximum Gasteiger partial charge on any atom is 0.330 e. The number of methoxy groups -OCH3 is 1. The third kappa shape index (κ3) is 4.16. The minimum atomic E-state index is -0.502. The third-order valence-electron chi connectivity index (χ3n) is 4.76. The van der Waals surface area contributed by atoms with Crippen LogP contribution in [-0.4, -0.2) is 31.3 Å². The molecule has 6 nitrogen and oxygen atoms in total. The molecule has 0 aliphatic heterocycles. The molecule has 150 valence electrons. The zero-order valence-corrected chi connectivity index (χ0v) is 16.6. The van der Waals surface area contributed by atoms with Crippen molar-refractivity contribution < 1.29 is 19.1 Å². The Morgan fingerprint density at radius 3 is 2.45 bits per heavy atom. The summed E-state index contributed by atoms with van der Waals surface area (Å²) in [5.41, 5.74) is 2.14. The fraction of sp³-hybridized carbons (Fsp3) is 0.217. The molecule has 1 N–H and O–H groups in total. The number of anilines is 1. The SMILES string of the molecule is CCN(CC)c1ccc(-c2oc3cc(/C=C/C(=O)OC)ccc3c(=O)c2O)cc1. The van der Waals surface area contributed by atoms with Crippen molar-refractivity contribution in [2.75, 3.05) is 25.1 Å². The van der Waals surface area contributed by atoms with E-state index in [2.05, 4.69) is 23.5 Å². The largest absolute Gasteiger partial charge is 0.502 e. The van der Waals surface area contributed by atoms with E-state index in [0.717, 1.165) is 18.8 Å². The summed E-state index contributed by atoms with van der Waals surface area (Å²) in [5, 5.41) is 10.7. The van der Waals surface area contributed by atoms with Crippen LogP contribution in [0, 0.1) is 0 Å². The Kier molecular flexibility index (Phi) is 6.02. The van der Waals surface area contributed by atoms with E-state index in [4.69, 9.17) is 4.42 Å². The van der Waals surface area contributed by atoms with E-state index in [0.29, 0.717) is 16.7 Å². The van der Waals surface area contributed by atoms with Crippen molar-refractivity contribution in [3.63, 3.8) is 0 Å². The summed E-state index contributed by atoms with van der Waals surface area (Å²) in [4.78, 5) is 26.1. The van der Waals surface area contributed by atoms with Gasteiger partial charge in [-0.25, -0.2) is 4.79 Å². The Balaban J connectivity index is 2.06. The number of fused-ring (bicyclic) bond motifs is 1. The van der Waals surface area contributed by atoms with Crippen LogP contribution in [0.25, 0.3) is 28.4 Å². The normalized spacial score (nSPS) is 11.1. The molecule has 0 spiro atoms. The molecule has 3 aromatic rings. The van der Waals surface area contributed by atoms with Gasteiger partial charge < -0.3 is 19.2 Å². The van der Waals surface area contributed by atoms with Crippen molar-refractivity contribution in [2.24, 2.45) is 0 Å². The maximum atomic E-state index is 12.6. The third-order valence-corrected chi connectivity index (χ3v) is 4.76. The summed E-state index contributed by atoms with van der Waals surface area (Å²) in [6, 6.07) is 12.4. The highest BCUT2D eigenvalue weighted by Crippen LogP contribution is 2.31. The molecule has 0 saturated heterocycles. The Hall–Kier alpha value is -3.54. The highest BCUT2D eigenvalue weighted by molar-refractivity contribution is 5.89. The lowest BCUT2D eigenvalue weighted by Gasteiger charge is -2.21. The number of carbonyl (C=O) groups is 1. The number of ether oxygens (including phenoxy) is 1. The number of rotatable bonds is 6. The highest BCUT2D eigenvalue weighted by atomic mass is 16.5. The predicted octanol–water partition coefficient (Wildman–Crippen LogP) is 4.20.